The zero-order valence-electron chi connectivity index (χ0n) is 28.2. The average Bonchev–Trinajstić information content (AvgIpc) is 3.71. The monoisotopic (exact) mass is 700 g/mol. The number of carbonyl (C=O) groups is 4. The van der Waals surface area contributed by atoms with Gasteiger partial charge in [-0.15, -0.1) is 22.7 Å². The van der Waals surface area contributed by atoms with Crippen molar-refractivity contribution in [1.82, 2.24) is 9.97 Å². The minimum atomic E-state index is -0.470. The van der Waals surface area contributed by atoms with E-state index in [-0.39, 0.29) is 23.4 Å². The summed E-state index contributed by atoms with van der Waals surface area (Å²) in [5, 5.41) is 6.85. The number of hydrogen-bond acceptors (Lipinski definition) is 11. The fourth-order valence-electron chi connectivity index (χ4n) is 4.07. The largest absolute Gasteiger partial charge is 0.496 e. The number of aromatic nitrogens is 2. The highest BCUT2D eigenvalue weighted by Crippen LogP contribution is 2.31. The lowest BCUT2D eigenvalue weighted by Crippen LogP contribution is -2.16. The number of benzene rings is 2. The molecule has 3 N–H and O–H groups in total. The van der Waals surface area contributed by atoms with Crippen LogP contribution in [0, 0.1) is 13.8 Å². The molecule has 4 rings (SSSR count). The van der Waals surface area contributed by atoms with Gasteiger partial charge >= 0.3 is 0 Å². The second-order valence-electron chi connectivity index (χ2n) is 11.0. The van der Waals surface area contributed by atoms with E-state index in [1.54, 1.807) is 38.5 Å². The number of nitrogens with one attached hydrogen (secondary N) is 1. The lowest BCUT2D eigenvalue weighted by molar-refractivity contribution is 0.100. The van der Waals surface area contributed by atoms with Crippen LogP contribution in [0.3, 0.4) is 0 Å². The summed E-state index contributed by atoms with van der Waals surface area (Å²) in [6, 6.07) is 6.82. The smallest absolute Gasteiger partial charge is 0.284 e. The van der Waals surface area contributed by atoms with E-state index in [9.17, 15) is 19.2 Å². The fourth-order valence-corrected chi connectivity index (χ4v) is 5.93. The first-order chi connectivity index (χ1) is 22.0. The molecule has 2 heterocycles. The molecule has 10 nitrogen and oxygen atoms in total. The molecule has 13 heteroatoms. The Morgan fingerprint density at radius 2 is 1.21 bits per heavy atom. The van der Waals surface area contributed by atoms with Gasteiger partial charge in [-0.2, -0.15) is 0 Å². The van der Waals surface area contributed by atoms with Crippen LogP contribution < -0.4 is 20.5 Å². The Morgan fingerprint density at radius 3 is 1.62 bits per heavy atom. The number of nitrogens with zero attached hydrogens (tertiary/aromatic N) is 2. The van der Waals surface area contributed by atoms with Crippen LogP contribution in [0.2, 0.25) is 0 Å². The molecule has 2 aromatic heterocycles. The number of amides is 1. The Kier molecular flexibility index (Phi) is 14.7. The predicted molar refractivity (Wildman–Crippen MR) is 190 cm³/mol. The second-order valence-corrected chi connectivity index (χ2v) is 13.0. The molecule has 252 valence electrons. The van der Waals surface area contributed by atoms with Gasteiger partial charge in [-0.1, -0.05) is 27.7 Å². The molecule has 4 aromatic rings. The Labute approximate surface area is 288 Å². The summed E-state index contributed by atoms with van der Waals surface area (Å²) in [6.07, 6.45) is 0. The van der Waals surface area contributed by atoms with E-state index in [0.29, 0.717) is 55.5 Å². The molecule has 0 saturated heterocycles. The Bertz CT molecular complexity index is 1750. The van der Waals surface area contributed by atoms with E-state index >= 15 is 0 Å². The van der Waals surface area contributed by atoms with Crippen molar-refractivity contribution in [2.45, 2.75) is 67.2 Å². The maximum absolute atomic E-state index is 12.5. The number of Topliss-reactive ketones (excluding diaryl/α,β-unsaturated/α-hetero) is 2. The van der Waals surface area contributed by atoms with Crippen LogP contribution in [-0.4, -0.2) is 46.9 Å². The van der Waals surface area contributed by atoms with Crippen molar-refractivity contribution in [3.8, 4) is 11.5 Å². The minimum Gasteiger partial charge on any atom is -0.496 e. The summed E-state index contributed by atoms with van der Waals surface area (Å²) < 4.78 is 10.3. The first-order valence-electron chi connectivity index (χ1n) is 14.6. The van der Waals surface area contributed by atoms with E-state index in [1.807, 2.05) is 52.3 Å². The molecular formula is C34H41ClN4O6S2. The minimum absolute atomic E-state index is 0.0248. The Morgan fingerprint density at radius 1 is 0.766 bits per heavy atom. The van der Waals surface area contributed by atoms with Gasteiger partial charge in [-0.05, 0) is 75.4 Å². The molecule has 0 bridgehead atoms. The SMILES string of the molecule is CC(C)c1csc(C(=O)Cl)n1.COc1ccc(C(C)=O)c(N)c1C.COc1ccc(C(C)=O)c(NC(=O)c2nc(C(C)C)cs2)c1C. The number of carbonyl (C=O) groups excluding carboxylic acids is 4. The molecule has 2 aromatic carbocycles. The lowest BCUT2D eigenvalue weighted by Gasteiger charge is -2.14. The Hall–Kier alpha value is -4.13. The van der Waals surface area contributed by atoms with E-state index in [0.717, 1.165) is 17.0 Å². The molecule has 0 atom stereocenters. The number of ether oxygens (including phenoxy) is 2. The van der Waals surface area contributed by atoms with Crippen molar-refractivity contribution in [1.29, 1.82) is 0 Å². The topological polar surface area (TPSA) is 151 Å². The third-order valence-corrected chi connectivity index (χ3v) is 8.92. The molecule has 0 unspecified atom stereocenters. The van der Waals surface area contributed by atoms with Gasteiger partial charge in [0.05, 0.1) is 31.3 Å². The van der Waals surface area contributed by atoms with Crippen LogP contribution in [0.15, 0.2) is 35.0 Å². The van der Waals surface area contributed by atoms with Gasteiger partial charge in [-0.3, -0.25) is 19.2 Å². The number of methoxy groups -OCH3 is 2. The highest BCUT2D eigenvalue weighted by atomic mass is 35.5. The summed E-state index contributed by atoms with van der Waals surface area (Å²) >= 11 is 7.82. The van der Waals surface area contributed by atoms with Crippen molar-refractivity contribution < 1.29 is 28.7 Å². The van der Waals surface area contributed by atoms with Gasteiger partial charge in [0, 0.05) is 38.7 Å². The summed E-state index contributed by atoms with van der Waals surface area (Å²) in [5.41, 5.74) is 11.1. The molecule has 0 aliphatic heterocycles. The van der Waals surface area contributed by atoms with E-state index in [1.165, 1.54) is 36.5 Å². The van der Waals surface area contributed by atoms with Gasteiger partial charge in [0.2, 0.25) is 0 Å². The first kappa shape index (κ1) is 39.1. The van der Waals surface area contributed by atoms with Gasteiger partial charge in [-0.25, -0.2) is 9.97 Å². The fraction of sp³-hybridized carbons (Fsp3) is 0.353. The molecule has 0 saturated carbocycles. The van der Waals surface area contributed by atoms with Crippen LogP contribution in [0.1, 0.15) is 116 Å². The number of rotatable bonds is 9. The van der Waals surface area contributed by atoms with Crippen molar-refractivity contribution in [2.75, 3.05) is 25.3 Å². The van der Waals surface area contributed by atoms with Crippen molar-refractivity contribution in [2.24, 2.45) is 0 Å². The van der Waals surface area contributed by atoms with E-state index in [2.05, 4.69) is 15.3 Å². The van der Waals surface area contributed by atoms with Gasteiger partial charge in [0.1, 0.15) is 11.5 Å². The first-order valence-corrected chi connectivity index (χ1v) is 16.7. The highest BCUT2D eigenvalue weighted by Gasteiger charge is 2.19. The maximum atomic E-state index is 12.5. The second kappa shape index (κ2) is 17.7. The van der Waals surface area contributed by atoms with Gasteiger partial charge in [0.25, 0.3) is 11.1 Å². The molecule has 0 spiro atoms. The summed E-state index contributed by atoms with van der Waals surface area (Å²) in [5.74, 6) is 1.49. The molecule has 0 radical (unpaired) electrons. The lowest BCUT2D eigenvalue weighted by atomic mass is 10.0. The zero-order valence-corrected chi connectivity index (χ0v) is 30.6. The van der Waals surface area contributed by atoms with Crippen LogP contribution >= 0.6 is 34.3 Å². The van der Waals surface area contributed by atoms with Crippen molar-refractivity contribution in [3.05, 3.63) is 78.7 Å². The Balaban J connectivity index is 0.000000270. The third kappa shape index (κ3) is 10.4. The number of thiazole rings is 2. The molecule has 1 amide bonds. The van der Waals surface area contributed by atoms with E-state index in [4.69, 9.17) is 26.8 Å². The molecule has 0 fully saturated rings. The highest BCUT2D eigenvalue weighted by molar-refractivity contribution is 7.13. The van der Waals surface area contributed by atoms with Gasteiger partial charge < -0.3 is 20.5 Å². The molecule has 47 heavy (non-hydrogen) atoms. The van der Waals surface area contributed by atoms with Crippen LogP contribution in [0.5, 0.6) is 11.5 Å². The standard InChI is InChI=1S/C17H20N2O3S.C10H13NO2.C7H8ClNOS/c1-9(2)13-8-23-17(18-13)16(21)19-15-10(3)14(22-5)7-6-12(15)11(4)20;1-6-9(13-3)5-4-8(7(2)12)10(6)11;1-4(2)5-3-11-7(9-5)6(8)10/h6-9H,1-5H3,(H,19,21);4-5H,11H2,1-3H3;3-4H,1-2H3. The number of nitrogens with two attached hydrogens (primary N) is 1. The average molecular weight is 701 g/mol. The molecule has 0 aliphatic rings. The third-order valence-electron chi connectivity index (χ3n) is 6.91. The predicted octanol–water partition coefficient (Wildman–Crippen LogP) is 8.47. The normalized spacial score (nSPS) is 10.4. The van der Waals surface area contributed by atoms with Crippen molar-refractivity contribution in [3.63, 3.8) is 0 Å². The summed E-state index contributed by atoms with van der Waals surface area (Å²) in [6.45, 7) is 14.7. The van der Waals surface area contributed by atoms with E-state index < -0.39 is 5.24 Å². The van der Waals surface area contributed by atoms with Crippen LogP contribution in [-0.2, 0) is 0 Å². The number of nitrogen functional groups attached to an aromatic ring is 1. The quantitative estimate of drug-likeness (QED) is 0.0995. The number of ketones is 2. The van der Waals surface area contributed by atoms with Crippen molar-refractivity contribution >= 4 is 68.4 Å². The van der Waals surface area contributed by atoms with Gasteiger partial charge in [0.15, 0.2) is 21.6 Å². The molecule has 0 aliphatic carbocycles. The molecular weight excluding hydrogens is 660 g/mol. The summed E-state index contributed by atoms with van der Waals surface area (Å²) in [7, 11) is 3.13. The number of halogens is 1. The van der Waals surface area contributed by atoms with Crippen LogP contribution in [0.25, 0.3) is 0 Å². The number of anilines is 2. The number of hydrogen-bond donors (Lipinski definition) is 2. The zero-order chi connectivity index (χ0) is 35.6. The van der Waals surface area contributed by atoms with Crippen LogP contribution in [0.4, 0.5) is 11.4 Å². The maximum Gasteiger partial charge on any atom is 0.284 e. The summed E-state index contributed by atoms with van der Waals surface area (Å²) in [4.78, 5) is 54.4.